The summed E-state index contributed by atoms with van der Waals surface area (Å²) in [6, 6.07) is 7.00. The van der Waals surface area contributed by atoms with Gasteiger partial charge in [0.25, 0.3) is 0 Å². The number of rotatable bonds is 4. The van der Waals surface area contributed by atoms with Crippen LogP contribution in [-0.4, -0.2) is 25.7 Å². The molecule has 2 N–H and O–H groups in total. The smallest absolute Gasteiger partial charge is 0.237 e. The van der Waals surface area contributed by atoms with E-state index < -0.39 is 10.0 Å². The molecule has 0 bridgehead atoms. The van der Waals surface area contributed by atoms with Crippen molar-refractivity contribution in [3.63, 3.8) is 0 Å². The van der Waals surface area contributed by atoms with Crippen molar-refractivity contribution in [1.29, 1.82) is 0 Å². The van der Waals surface area contributed by atoms with Gasteiger partial charge in [0.15, 0.2) is 0 Å². The Morgan fingerprint density at radius 1 is 1.20 bits per heavy atom. The molecule has 1 aliphatic rings. The van der Waals surface area contributed by atoms with Crippen LogP contribution in [0.5, 0.6) is 0 Å². The zero-order valence-electron chi connectivity index (χ0n) is 11.6. The number of hydrogen-bond acceptors (Lipinski definition) is 3. The number of nitrogens with two attached hydrogens (primary N) is 1. The van der Waals surface area contributed by atoms with Gasteiger partial charge in [-0.2, -0.15) is 0 Å². The molecule has 1 aromatic carbocycles. The fourth-order valence-corrected chi connectivity index (χ4v) is 4.50. The lowest BCUT2D eigenvalue weighted by atomic mass is 10.0. The largest absolute Gasteiger partial charge is 0.389 e. The molecule has 1 fully saturated rings. The van der Waals surface area contributed by atoms with Gasteiger partial charge >= 0.3 is 0 Å². The summed E-state index contributed by atoms with van der Waals surface area (Å²) in [5.41, 5.74) is 6.93. The maximum absolute atomic E-state index is 12.6. The van der Waals surface area contributed by atoms with Gasteiger partial charge in [-0.3, -0.25) is 4.31 Å². The normalized spacial score (nSPS) is 16.9. The number of hydrogen-bond donors (Lipinski definition) is 1. The third-order valence-corrected chi connectivity index (χ3v) is 6.39. The molecule has 2 rings (SSSR count). The third kappa shape index (κ3) is 3.12. The van der Waals surface area contributed by atoms with E-state index in [9.17, 15) is 8.42 Å². The van der Waals surface area contributed by atoms with Gasteiger partial charge in [0, 0.05) is 12.6 Å². The second-order valence-electron chi connectivity index (χ2n) is 5.18. The molecule has 1 aromatic rings. The van der Waals surface area contributed by atoms with Gasteiger partial charge in [0.1, 0.15) is 4.99 Å². The summed E-state index contributed by atoms with van der Waals surface area (Å²) in [6.45, 7) is 0. The average Bonchev–Trinajstić information content (AvgIpc) is 2.47. The van der Waals surface area contributed by atoms with Gasteiger partial charge in [-0.1, -0.05) is 31.5 Å². The van der Waals surface area contributed by atoms with E-state index in [2.05, 4.69) is 0 Å². The molecule has 4 nitrogen and oxygen atoms in total. The minimum Gasteiger partial charge on any atom is -0.389 e. The minimum absolute atomic E-state index is 0.253. The predicted molar refractivity (Wildman–Crippen MR) is 86.5 cm³/mol. The van der Waals surface area contributed by atoms with E-state index >= 15 is 0 Å². The summed E-state index contributed by atoms with van der Waals surface area (Å²) < 4.78 is 26.5. The average molecular weight is 312 g/mol. The van der Waals surface area contributed by atoms with Crippen LogP contribution < -0.4 is 10.0 Å². The maximum atomic E-state index is 12.6. The topological polar surface area (TPSA) is 63.4 Å². The summed E-state index contributed by atoms with van der Waals surface area (Å²) in [6.07, 6.45) is 4.66. The Morgan fingerprint density at radius 3 is 2.25 bits per heavy atom. The van der Waals surface area contributed by atoms with Crippen molar-refractivity contribution in [2.75, 3.05) is 11.4 Å². The number of anilines is 1. The highest BCUT2D eigenvalue weighted by atomic mass is 32.2. The molecule has 0 aromatic heterocycles. The minimum atomic E-state index is -3.28. The number of benzene rings is 1. The highest BCUT2D eigenvalue weighted by Gasteiger charge is 2.31. The molecule has 1 saturated carbocycles. The van der Waals surface area contributed by atoms with Crippen LogP contribution in [0.25, 0.3) is 0 Å². The van der Waals surface area contributed by atoms with Gasteiger partial charge in [0.2, 0.25) is 10.0 Å². The van der Waals surface area contributed by atoms with E-state index in [1.54, 1.807) is 31.3 Å². The molecule has 0 atom stereocenters. The van der Waals surface area contributed by atoms with Crippen LogP contribution in [0.15, 0.2) is 24.3 Å². The molecule has 0 spiro atoms. The summed E-state index contributed by atoms with van der Waals surface area (Å²) in [5.74, 6) is 0. The van der Waals surface area contributed by atoms with Crippen LogP contribution >= 0.6 is 12.2 Å². The number of nitrogens with zero attached hydrogens (tertiary/aromatic N) is 1. The zero-order valence-corrected chi connectivity index (χ0v) is 13.2. The van der Waals surface area contributed by atoms with E-state index in [1.807, 2.05) is 0 Å². The van der Waals surface area contributed by atoms with Gasteiger partial charge < -0.3 is 5.73 Å². The Kier molecular flexibility index (Phi) is 4.65. The lowest BCUT2D eigenvalue weighted by molar-refractivity contribution is 0.483. The molecule has 0 radical (unpaired) electrons. The van der Waals surface area contributed by atoms with Crippen molar-refractivity contribution < 1.29 is 8.42 Å². The van der Waals surface area contributed by atoms with Gasteiger partial charge in [-0.05, 0) is 37.1 Å². The Bertz CT molecular complexity index is 576. The first-order chi connectivity index (χ1) is 9.43. The van der Waals surface area contributed by atoms with E-state index in [4.69, 9.17) is 18.0 Å². The molecular weight excluding hydrogens is 292 g/mol. The second-order valence-corrected chi connectivity index (χ2v) is 7.87. The van der Waals surface area contributed by atoms with Crippen LogP contribution in [-0.2, 0) is 10.0 Å². The van der Waals surface area contributed by atoms with E-state index in [0.29, 0.717) is 10.7 Å². The van der Waals surface area contributed by atoms with Crippen molar-refractivity contribution in [3.8, 4) is 0 Å². The van der Waals surface area contributed by atoms with Crippen molar-refractivity contribution >= 4 is 32.9 Å². The molecule has 0 aliphatic heterocycles. The summed E-state index contributed by atoms with van der Waals surface area (Å²) >= 11 is 4.89. The zero-order chi connectivity index (χ0) is 14.8. The molecule has 20 heavy (non-hydrogen) atoms. The second kappa shape index (κ2) is 6.10. The molecule has 110 valence electrons. The van der Waals surface area contributed by atoms with Crippen LogP contribution in [0.2, 0.25) is 0 Å². The van der Waals surface area contributed by atoms with Crippen molar-refractivity contribution in [2.45, 2.75) is 37.4 Å². The predicted octanol–water partition coefficient (Wildman–Crippen LogP) is 2.42. The Morgan fingerprint density at radius 2 is 1.75 bits per heavy atom. The first-order valence-electron chi connectivity index (χ1n) is 6.80. The molecule has 0 unspecified atom stereocenters. The van der Waals surface area contributed by atoms with Crippen LogP contribution in [0, 0.1) is 0 Å². The Balaban J connectivity index is 2.20. The lowest BCUT2D eigenvalue weighted by Crippen LogP contribution is -2.37. The highest BCUT2D eigenvalue weighted by molar-refractivity contribution is 7.93. The van der Waals surface area contributed by atoms with Crippen molar-refractivity contribution in [2.24, 2.45) is 5.73 Å². The van der Waals surface area contributed by atoms with Gasteiger partial charge in [-0.15, -0.1) is 0 Å². The van der Waals surface area contributed by atoms with Crippen molar-refractivity contribution in [1.82, 2.24) is 0 Å². The Labute approximate surface area is 126 Å². The SMILES string of the molecule is CN(c1ccc(C(N)=S)cc1)S(=O)(=O)C1CCCCC1. The third-order valence-electron chi connectivity index (χ3n) is 3.87. The Hall–Kier alpha value is -1.14. The monoisotopic (exact) mass is 312 g/mol. The summed E-state index contributed by atoms with van der Waals surface area (Å²) in [5, 5.41) is -0.253. The number of sulfonamides is 1. The van der Waals surface area contributed by atoms with Gasteiger partial charge in [0.05, 0.1) is 10.9 Å². The van der Waals surface area contributed by atoms with E-state index in [-0.39, 0.29) is 5.25 Å². The number of thiocarbonyl (C=S) groups is 1. The molecule has 0 amide bonds. The van der Waals surface area contributed by atoms with E-state index in [1.165, 1.54) is 4.31 Å². The molecule has 6 heteroatoms. The van der Waals surface area contributed by atoms with Crippen LogP contribution in [0.1, 0.15) is 37.7 Å². The molecule has 0 saturated heterocycles. The standard InChI is InChI=1S/C14H20N2O2S2/c1-16(12-9-7-11(8-10-12)14(15)19)20(17,18)13-5-3-2-4-6-13/h7-10,13H,2-6H2,1H3,(H2,15,19). The summed E-state index contributed by atoms with van der Waals surface area (Å²) in [7, 11) is -1.67. The fourth-order valence-electron chi connectivity index (χ4n) is 2.57. The fraction of sp³-hybridized carbons (Fsp3) is 0.500. The first-order valence-corrected chi connectivity index (χ1v) is 8.71. The first kappa shape index (κ1) is 15.3. The summed E-state index contributed by atoms with van der Waals surface area (Å²) in [4.78, 5) is 0.314. The lowest BCUT2D eigenvalue weighted by Gasteiger charge is -2.28. The molecule has 0 heterocycles. The molecule has 1 aliphatic carbocycles. The van der Waals surface area contributed by atoms with Gasteiger partial charge in [-0.25, -0.2) is 8.42 Å². The molecular formula is C14H20N2O2S2. The van der Waals surface area contributed by atoms with Crippen LogP contribution in [0.4, 0.5) is 5.69 Å². The van der Waals surface area contributed by atoms with Crippen molar-refractivity contribution in [3.05, 3.63) is 29.8 Å². The van der Waals surface area contributed by atoms with Crippen LogP contribution in [0.3, 0.4) is 0 Å². The quantitative estimate of drug-likeness (QED) is 0.867. The highest BCUT2D eigenvalue weighted by Crippen LogP contribution is 2.28. The maximum Gasteiger partial charge on any atom is 0.237 e. The van der Waals surface area contributed by atoms with E-state index in [0.717, 1.165) is 37.7 Å².